The first-order valence-corrected chi connectivity index (χ1v) is 8.87. The number of fused-ring (bicyclic) bond motifs is 1. The van der Waals surface area contributed by atoms with E-state index in [0.29, 0.717) is 12.4 Å². The fourth-order valence-electron chi connectivity index (χ4n) is 3.24. The molecule has 0 atom stereocenters. The van der Waals surface area contributed by atoms with Gasteiger partial charge in [0, 0.05) is 18.5 Å². The van der Waals surface area contributed by atoms with Gasteiger partial charge in [-0.05, 0) is 37.8 Å². The first-order chi connectivity index (χ1) is 12.0. The normalized spacial score (nSPS) is 11.5. The number of aryl methyl sites for hydroxylation is 4. The van der Waals surface area contributed by atoms with Gasteiger partial charge in [0.25, 0.3) is 5.56 Å². The van der Waals surface area contributed by atoms with E-state index in [1.54, 1.807) is 26.7 Å². The van der Waals surface area contributed by atoms with Crippen LogP contribution >= 0.6 is 11.3 Å². The number of pyridine rings is 1. The lowest BCUT2D eigenvalue weighted by Gasteiger charge is -2.09. The monoisotopic (exact) mass is 354 g/mol. The van der Waals surface area contributed by atoms with Crippen LogP contribution in [0.1, 0.15) is 22.7 Å². The highest BCUT2D eigenvalue weighted by Crippen LogP contribution is 2.27. The molecule has 0 N–H and O–H groups in total. The van der Waals surface area contributed by atoms with Crippen molar-refractivity contribution in [2.75, 3.05) is 0 Å². The highest BCUT2D eigenvalue weighted by molar-refractivity contribution is 7.13. The molecule has 6 nitrogen and oxygen atoms in total. The van der Waals surface area contributed by atoms with E-state index in [1.165, 1.54) is 0 Å². The van der Waals surface area contributed by atoms with Gasteiger partial charge in [0.05, 0.1) is 17.1 Å². The van der Waals surface area contributed by atoms with Gasteiger partial charge < -0.3 is 4.42 Å². The van der Waals surface area contributed by atoms with E-state index < -0.39 is 0 Å². The molecule has 0 unspecified atom stereocenters. The highest BCUT2D eigenvalue weighted by Gasteiger charge is 2.18. The van der Waals surface area contributed by atoms with Crippen molar-refractivity contribution < 1.29 is 4.42 Å². The van der Waals surface area contributed by atoms with Crippen LogP contribution in [0.5, 0.6) is 0 Å². The predicted octanol–water partition coefficient (Wildman–Crippen LogP) is 3.43. The maximum absolute atomic E-state index is 12.6. The maximum Gasteiger partial charge on any atom is 0.252 e. The fraction of sp³-hybridized carbons (Fsp3) is 0.278. The zero-order valence-electron chi connectivity index (χ0n) is 14.5. The Morgan fingerprint density at radius 1 is 1.28 bits per heavy atom. The standard InChI is InChI=1S/C18H18N4O2S/c1-10-8-15(23)22(18-16(10)11(2)20-21(18)4)9-13-12(3)24-17(19-13)14-6-5-7-25-14/h5-8H,9H2,1-4H3. The van der Waals surface area contributed by atoms with Crippen LogP contribution in [0.15, 0.2) is 32.8 Å². The Labute approximate surface area is 148 Å². The molecule has 0 aliphatic rings. The molecule has 4 rings (SSSR count). The van der Waals surface area contributed by atoms with E-state index in [1.807, 2.05) is 45.3 Å². The molecule has 0 aliphatic carbocycles. The highest BCUT2D eigenvalue weighted by atomic mass is 32.1. The summed E-state index contributed by atoms with van der Waals surface area (Å²) >= 11 is 1.58. The number of nitrogens with zero attached hydrogens (tertiary/aromatic N) is 4. The van der Waals surface area contributed by atoms with Crippen molar-refractivity contribution in [3.05, 3.63) is 56.6 Å². The summed E-state index contributed by atoms with van der Waals surface area (Å²) in [6, 6.07) is 5.60. The predicted molar refractivity (Wildman–Crippen MR) is 98.1 cm³/mol. The van der Waals surface area contributed by atoms with Crippen LogP contribution in [0.3, 0.4) is 0 Å². The fourth-order valence-corrected chi connectivity index (χ4v) is 3.89. The average molecular weight is 354 g/mol. The van der Waals surface area contributed by atoms with Gasteiger partial charge in [-0.2, -0.15) is 5.10 Å². The molecule has 4 aromatic heterocycles. The molecule has 4 heterocycles. The summed E-state index contributed by atoms with van der Waals surface area (Å²) in [6.45, 7) is 6.14. The number of aromatic nitrogens is 4. The summed E-state index contributed by atoms with van der Waals surface area (Å²) in [5.41, 5.74) is 3.36. The van der Waals surface area contributed by atoms with Gasteiger partial charge in [0.2, 0.25) is 5.89 Å². The van der Waals surface area contributed by atoms with Gasteiger partial charge >= 0.3 is 0 Å². The smallest absolute Gasteiger partial charge is 0.252 e. The van der Waals surface area contributed by atoms with E-state index in [0.717, 1.165) is 38.6 Å². The van der Waals surface area contributed by atoms with Crippen molar-refractivity contribution >= 4 is 22.4 Å². The molecule has 128 valence electrons. The molecular weight excluding hydrogens is 336 g/mol. The minimum Gasteiger partial charge on any atom is -0.440 e. The molecule has 4 aromatic rings. The van der Waals surface area contributed by atoms with Gasteiger partial charge in [-0.15, -0.1) is 11.3 Å². The number of hydrogen-bond donors (Lipinski definition) is 0. The van der Waals surface area contributed by atoms with Crippen molar-refractivity contribution in [3.8, 4) is 10.8 Å². The third-order valence-electron chi connectivity index (χ3n) is 4.38. The molecule has 0 aromatic carbocycles. The SMILES string of the molecule is Cc1oc(-c2cccs2)nc1Cn1c(=O)cc(C)c2c(C)nn(C)c21. The first kappa shape index (κ1) is 15.8. The van der Waals surface area contributed by atoms with Crippen LogP contribution in [0.4, 0.5) is 0 Å². The van der Waals surface area contributed by atoms with Gasteiger partial charge in [-0.1, -0.05) is 6.07 Å². The van der Waals surface area contributed by atoms with Crippen molar-refractivity contribution in [2.24, 2.45) is 7.05 Å². The Balaban J connectivity index is 1.86. The van der Waals surface area contributed by atoms with E-state index in [4.69, 9.17) is 4.42 Å². The Morgan fingerprint density at radius 3 is 2.80 bits per heavy atom. The van der Waals surface area contributed by atoms with Crippen molar-refractivity contribution in [2.45, 2.75) is 27.3 Å². The molecular formula is C18H18N4O2S. The lowest BCUT2D eigenvalue weighted by atomic mass is 10.1. The largest absolute Gasteiger partial charge is 0.440 e. The Bertz CT molecular complexity index is 1130. The number of rotatable bonds is 3. The summed E-state index contributed by atoms with van der Waals surface area (Å²) in [5, 5.41) is 7.48. The summed E-state index contributed by atoms with van der Waals surface area (Å²) in [4.78, 5) is 18.2. The second-order valence-corrected chi connectivity index (χ2v) is 7.11. The topological polar surface area (TPSA) is 65.8 Å². The van der Waals surface area contributed by atoms with Crippen LogP contribution in [-0.2, 0) is 13.6 Å². The molecule has 7 heteroatoms. The first-order valence-electron chi connectivity index (χ1n) is 7.99. The van der Waals surface area contributed by atoms with Crippen molar-refractivity contribution in [1.29, 1.82) is 0 Å². The molecule has 0 aliphatic heterocycles. The lowest BCUT2D eigenvalue weighted by molar-refractivity contribution is 0.538. The molecule has 0 fully saturated rings. The lowest BCUT2D eigenvalue weighted by Crippen LogP contribution is -2.22. The summed E-state index contributed by atoms with van der Waals surface area (Å²) in [5.74, 6) is 1.32. The van der Waals surface area contributed by atoms with Gasteiger partial charge in [0.15, 0.2) is 0 Å². The molecule has 0 saturated carbocycles. The number of thiophene rings is 1. The van der Waals surface area contributed by atoms with Crippen LogP contribution in [0.2, 0.25) is 0 Å². The zero-order valence-corrected chi connectivity index (χ0v) is 15.3. The van der Waals surface area contributed by atoms with Crippen molar-refractivity contribution in [3.63, 3.8) is 0 Å². The quantitative estimate of drug-likeness (QED) is 0.565. The van der Waals surface area contributed by atoms with Crippen LogP contribution in [0.25, 0.3) is 21.8 Å². The summed E-state index contributed by atoms with van der Waals surface area (Å²) < 4.78 is 9.28. The van der Waals surface area contributed by atoms with E-state index >= 15 is 0 Å². The van der Waals surface area contributed by atoms with Crippen molar-refractivity contribution in [1.82, 2.24) is 19.3 Å². The Kier molecular flexibility index (Phi) is 3.61. The third kappa shape index (κ3) is 2.51. The van der Waals surface area contributed by atoms with Gasteiger partial charge in [-0.3, -0.25) is 14.0 Å². The number of oxazole rings is 1. The minimum absolute atomic E-state index is 0.0620. The third-order valence-corrected chi connectivity index (χ3v) is 5.24. The van der Waals surface area contributed by atoms with E-state index in [9.17, 15) is 4.79 Å². The van der Waals surface area contributed by atoms with E-state index in [-0.39, 0.29) is 5.56 Å². The molecule has 25 heavy (non-hydrogen) atoms. The molecule has 0 bridgehead atoms. The molecule has 0 saturated heterocycles. The number of hydrogen-bond acceptors (Lipinski definition) is 5. The zero-order chi connectivity index (χ0) is 17.7. The minimum atomic E-state index is -0.0620. The molecule has 0 amide bonds. The summed E-state index contributed by atoms with van der Waals surface area (Å²) in [6.07, 6.45) is 0. The average Bonchev–Trinajstić information content (AvgIpc) is 3.24. The van der Waals surface area contributed by atoms with Crippen LogP contribution in [-0.4, -0.2) is 19.3 Å². The molecule has 0 radical (unpaired) electrons. The van der Waals surface area contributed by atoms with Crippen LogP contribution in [0, 0.1) is 20.8 Å². The Morgan fingerprint density at radius 2 is 2.08 bits per heavy atom. The second kappa shape index (κ2) is 5.70. The summed E-state index contributed by atoms with van der Waals surface area (Å²) in [7, 11) is 1.86. The van der Waals surface area contributed by atoms with E-state index in [2.05, 4.69) is 10.1 Å². The molecule has 0 spiro atoms. The maximum atomic E-state index is 12.6. The Hall–Kier alpha value is -2.67. The van der Waals surface area contributed by atoms with Gasteiger partial charge in [0.1, 0.15) is 17.1 Å². The van der Waals surface area contributed by atoms with Crippen LogP contribution < -0.4 is 5.56 Å². The second-order valence-electron chi connectivity index (χ2n) is 6.16. The van der Waals surface area contributed by atoms with Gasteiger partial charge in [-0.25, -0.2) is 4.98 Å².